The summed E-state index contributed by atoms with van der Waals surface area (Å²) in [6.07, 6.45) is 4.88. The van der Waals surface area contributed by atoms with Gasteiger partial charge in [-0.1, -0.05) is 0 Å². The molecule has 5 nitrogen and oxygen atoms in total. The van der Waals surface area contributed by atoms with E-state index in [1.165, 1.54) is 35.1 Å². The Bertz CT molecular complexity index is 884. The van der Waals surface area contributed by atoms with Gasteiger partial charge in [-0.3, -0.25) is 9.69 Å². The number of hydrogen-bond donors (Lipinski definition) is 0. The molecule has 2 aromatic heterocycles. The van der Waals surface area contributed by atoms with Crippen LogP contribution in [-0.2, 0) is 13.6 Å². The van der Waals surface area contributed by atoms with Crippen molar-refractivity contribution >= 4 is 23.5 Å². The third-order valence-corrected chi connectivity index (χ3v) is 8.69. The van der Waals surface area contributed by atoms with Gasteiger partial charge in [-0.2, -0.15) is 23.5 Å². The second kappa shape index (κ2) is 7.33. The van der Waals surface area contributed by atoms with Crippen molar-refractivity contribution in [1.29, 1.82) is 0 Å². The lowest BCUT2D eigenvalue weighted by Gasteiger charge is -2.45. The average molecular weight is 403 g/mol. The van der Waals surface area contributed by atoms with Gasteiger partial charge in [0.1, 0.15) is 5.82 Å². The molecule has 7 heteroatoms. The maximum Gasteiger partial charge on any atom is 0.261 e. The molecule has 5 heterocycles. The Hall–Kier alpha value is -1.18. The van der Waals surface area contributed by atoms with E-state index in [9.17, 15) is 4.79 Å². The van der Waals surface area contributed by atoms with Crippen molar-refractivity contribution in [3.05, 3.63) is 40.6 Å². The SMILES string of the molecule is Cn1ccnc1-c1ccc2n(c1=O)C[C@H]1C[C@@H]2CN(C2CSCCSC2)C1. The van der Waals surface area contributed by atoms with Gasteiger partial charge in [0, 0.05) is 79.7 Å². The molecule has 0 radical (unpaired) electrons. The standard InChI is InChI=1S/C20H26N4OS2/c1-22-5-4-21-19(22)17-2-3-18-15-8-14(10-24(18)20(17)25)9-23(11-15)16-12-26-6-7-27-13-16/h2-5,14-16H,6-13H2,1H3/t14-,15+/m0/s1. The largest absolute Gasteiger partial charge is 0.334 e. The van der Waals surface area contributed by atoms with Crippen molar-refractivity contribution in [3.63, 3.8) is 0 Å². The minimum absolute atomic E-state index is 0.130. The summed E-state index contributed by atoms with van der Waals surface area (Å²) in [6.45, 7) is 3.09. The third-order valence-electron chi connectivity index (χ3n) is 6.20. The fourth-order valence-corrected chi connectivity index (χ4v) is 7.52. The second-order valence-corrected chi connectivity index (χ2v) is 10.3. The average Bonchev–Trinajstić information content (AvgIpc) is 2.92. The molecule has 0 saturated carbocycles. The summed E-state index contributed by atoms with van der Waals surface area (Å²) in [6, 6.07) is 4.87. The van der Waals surface area contributed by atoms with E-state index >= 15 is 0 Å². The molecule has 3 aliphatic heterocycles. The second-order valence-electron chi connectivity index (χ2n) is 8.01. The Morgan fingerprint density at radius 2 is 1.93 bits per heavy atom. The highest BCUT2D eigenvalue weighted by molar-refractivity contribution is 8.03. The van der Waals surface area contributed by atoms with Crippen molar-refractivity contribution in [3.8, 4) is 11.4 Å². The summed E-state index contributed by atoms with van der Waals surface area (Å²) in [5.41, 5.74) is 2.08. The van der Waals surface area contributed by atoms with Gasteiger partial charge in [-0.05, 0) is 24.5 Å². The van der Waals surface area contributed by atoms with Crippen molar-refractivity contribution in [1.82, 2.24) is 19.0 Å². The molecule has 2 atom stereocenters. The molecule has 2 bridgehead atoms. The zero-order chi connectivity index (χ0) is 18.4. The van der Waals surface area contributed by atoms with Crippen LogP contribution in [0.5, 0.6) is 0 Å². The Balaban J connectivity index is 1.45. The van der Waals surface area contributed by atoms with E-state index in [0.717, 1.165) is 31.0 Å². The van der Waals surface area contributed by atoms with E-state index in [0.29, 0.717) is 17.9 Å². The van der Waals surface area contributed by atoms with Crippen LogP contribution in [0.2, 0.25) is 0 Å². The van der Waals surface area contributed by atoms with E-state index in [4.69, 9.17) is 0 Å². The molecule has 0 aromatic carbocycles. The molecule has 3 aliphatic rings. The first-order chi connectivity index (χ1) is 13.2. The van der Waals surface area contributed by atoms with Crippen LogP contribution in [0.25, 0.3) is 11.4 Å². The molecule has 27 heavy (non-hydrogen) atoms. The molecule has 2 saturated heterocycles. The fraction of sp³-hybridized carbons (Fsp3) is 0.600. The van der Waals surface area contributed by atoms with Gasteiger partial charge in [0.05, 0.1) is 5.56 Å². The maximum absolute atomic E-state index is 13.2. The molecular weight excluding hydrogens is 376 g/mol. The molecule has 0 spiro atoms. The van der Waals surface area contributed by atoms with E-state index < -0.39 is 0 Å². The highest BCUT2D eigenvalue weighted by Gasteiger charge is 2.37. The third kappa shape index (κ3) is 3.28. The van der Waals surface area contributed by atoms with Crippen LogP contribution in [0.4, 0.5) is 0 Å². The minimum Gasteiger partial charge on any atom is -0.334 e. The Morgan fingerprint density at radius 3 is 2.67 bits per heavy atom. The number of aryl methyl sites for hydroxylation is 1. The number of nitrogens with zero attached hydrogens (tertiary/aromatic N) is 4. The highest BCUT2D eigenvalue weighted by Crippen LogP contribution is 2.37. The number of pyridine rings is 1. The predicted molar refractivity (Wildman–Crippen MR) is 114 cm³/mol. The number of imidazole rings is 1. The van der Waals surface area contributed by atoms with Crippen molar-refractivity contribution < 1.29 is 0 Å². The van der Waals surface area contributed by atoms with Gasteiger partial charge in [-0.25, -0.2) is 4.98 Å². The van der Waals surface area contributed by atoms with Crippen molar-refractivity contribution in [2.75, 3.05) is 36.1 Å². The number of likely N-dealkylation sites (tertiary alicyclic amines) is 1. The summed E-state index contributed by atoms with van der Waals surface area (Å²) < 4.78 is 3.98. The van der Waals surface area contributed by atoms with Crippen LogP contribution >= 0.6 is 23.5 Å². The molecule has 5 rings (SSSR count). The van der Waals surface area contributed by atoms with E-state index in [2.05, 4.69) is 44.0 Å². The summed E-state index contributed by atoms with van der Waals surface area (Å²) in [5.74, 6) is 6.93. The normalized spacial score (nSPS) is 26.6. The quantitative estimate of drug-likeness (QED) is 0.772. The minimum atomic E-state index is 0.130. The van der Waals surface area contributed by atoms with Crippen LogP contribution < -0.4 is 5.56 Å². The van der Waals surface area contributed by atoms with Crippen LogP contribution in [-0.4, -0.2) is 61.2 Å². The number of aromatic nitrogens is 3. The smallest absolute Gasteiger partial charge is 0.261 e. The number of rotatable bonds is 2. The van der Waals surface area contributed by atoms with Gasteiger partial charge in [0.2, 0.25) is 0 Å². The van der Waals surface area contributed by atoms with Crippen LogP contribution in [0.1, 0.15) is 18.0 Å². The monoisotopic (exact) mass is 402 g/mol. The predicted octanol–water partition coefficient (Wildman–Crippen LogP) is 2.52. The number of thioether (sulfide) groups is 2. The molecule has 2 fully saturated rings. The van der Waals surface area contributed by atoms with Crippen LogP contribution in [0, 0.1) is 5.92 Å². The lowest BCUT2D eigenvalue weighted by molar-refractivity contribution is 0.0976. The summed E-state index contributed by atoms with van der Waals surface area (Å²) in [4.78, 5) is 20.3. The summed E-state index contributed by atoms with van der Waals surface area (Å²) in [5, 5.41) is 0. The molecule has 0 N–H and O–H groups in total. The first-order valence-electron chi connectivity index (χ1n) is 9.81. The summed E-state index contributed by atoms with van der Waals surface area (Å²) in [7, 11) is 1.95. The molecule has 144 valence electrons. The van der Waals surface area contributed by atoms with E-state index in [1.54, 1.807) is 6.20 Å². The highest BCUT2D eigenvalue weighted by atomic mass is 32.2. The van der Waals surface area contributed by atoms with Crippen molar-refractivity contribution in [2.24, 2.45) is 13.0 Å². The first-order valence-corrected chi connectivity index (χ1v) is 12.1. The zero-order valence-corrected chi connectivity index (χ0v) is 17.3. The topological polar surface area (TPSA) is 43.1 Å². The molecule has 0 unspecified atom stereocenters. The van der Waals surface area contributed by atoms with Crippen LogP contribution in [0.3, 0.4) is 0 Å². The molecule has 0 amide bonds. The molecular formula is C20H26N4OS2. The van der Waals surface area contributed by atoms with E-state index in [1.807, 2.05) is 23.9 Å². The van der Waals surface area contributed by atoms with Gasteiger partial charge >= 0.3 is 0 Å². The Labute approximate surface area is 168 Å². The zero-order valence-electron chi connectivity index (χ0n) is 15.7. The maximum atomic E-state index is 13.2. The lowest BCUT2D eigenvalue weighted by Crippen LogP contribution is -2.52. The van der Waals surface area contributed by atoms with Crippen molar-refractivity contribution in [2.45, 2.75) is 24.9 Å². The van der Waals surface area contributed by atoms with Gasteiger partial charge in [0.15, 0.2) is 0 Å². The molecule has 0 aliphatic carbocycles. The number of hydrogen-bond acceptors (Lipinski definition) is 5. The Morgan fingerprint density at radius 1 is 1.11 bits per heavy atom. The van der Waals surface area contributed by atoms with Gasteiger partial charge in [0.25, 0.3) is 5.56 Å². The number of piperidine rings is 1. The van der Waals surface area contributed by atoms with Crippen LogP contribution in [0.15, 0.2) is 29.3 Å². The van der Waals surface area contributed by atoms with Gasteiger partial charge < -0.3 is 9.13 Å². The first kappa shape index (κ1) is 17.9. The fourth-order valence-electron chi connectivity index (χ4n) is 4.89. The van der Waals surface area contributed by atoms with Gasteiger partial charge in [-0.15, -0.1) is 0 Å². The summed E-state index contributed by atoms with van der Waals surface area (Å²) >= 11 is 4.22. The molecule has 2 aromatic rings. The lowest BCUT2D eigenvalue weighted by atomic mass is 9.82. The number of fused-ring (bicyclic) bond motifs is 4. The Kier molecular flexibility index (Phi) is 4.86. The van der Waals surface area contributed by atoms with E-state index in [-0.39, 0.29) is 5.56 Å².